The maximum atomic E-state index is 12.2. The van der Waals surface area contributed by atoms with Gasteiger partial charge in [-0.05, 0) is 51.5 Å². The van der Waals surface area contributed by atoms with Gasteiger partial charge >= 0.3 is 0 Å². The quantitative estimate of drug-likeness (QED) is 0.821. The highest BCUT2D eigenvalue weighted by atomic mass is 16.2. The monoisotopic (exact) mass is 316 g/mol. The van der Waals surface area contributed by atoms with E-state index in [9.17, 15) is 4.79 Å². The molecule has 1 N–H and O–H groups in total. The number of aromatic nitrogens is 2. The van der Waals surface area contributed by atoms with Crippen molar-refractivity contribution in [1.29, 1.82) is 0 Å². The third-order valence-electron chi connectivity index (χ3n) is 4.97. The zero-order valence-corrected chi connectivity index (χ0v) is 14.1. The van der Waals surface area contributed by atoms with Crippen molar-refractivity contribution >= 4 is 5.91 Å². The fourth-order valence-electron chi connectivity index (χ4n) is 3.74. The average Bonchev–Trinajstić information content (AvgIpc) is 3.17. The minimum Gasteiger partial charge on any atom is -0.355 e. The maximum Gasteiger partial charge on any atom is 0.234 e. The molecule has 1 saturated heterocycles. The average molecular weight is 316 g/mol. The summed E-state index contributed by atoms with van der Waals surface area (Å²) in [6.07, 6.45) is 14.7. The minimum atomic E-state index is 0.150. The van der Waals surface area contributed by atoms with Crippen molar-refractivity contribution in [3.05, 3.63) is 29.6 Å². The summed E-state index contributed by atoms with van der Waals surface area (Å²) in [7, 11) is 1.94. The molecule has 2 heterocycles. The van der Waals surface area contributed by atoms with Crippen molar-refractivity contribution in [3.63, 3.8) is 0 Å². The molecule has 1 aliphatic heterocycles. The van der Waals surface area contributed by atoms with Crippen LogP contribution in [0.3, 0.4) is 0 Å². The lowest BCUT2D eigenvalue weighted by Gasteiger charge is -2.23. The van der Waals surface area contributed by atoms with E-state index in [1.54, 1.807) is 0 Å². The highest BCUT2D eigenvalue weighted by molar-refractivity contribution is 5.78. The standard InChI is InChI=1S/C18H28N4O/c1-21-13-16(12-20-21)17-8-5-11-22(17)14-18(23)19-10-9-15-6-3-2-4-7-15/h6,12-13,17H,2-5,7-11,14H2,1H3,(H,19,23)/t17-/m1/s1. The second-order valence-corrected chi connectivity index (χ2v) is 6.78. The van der Waals surface area contributed by atoms with Gasteiger partial charge in [-0.15, -0.1) is 0 Å². The first-order valence-corrected chi connectivity index (χ1v) is 8.89. The van der Waals surface area contributed by atoms with Gasteiger partial charge in [0.2, 0.25) is 5.91 Å². The number of hydrogen-bond acceptors (Lipinski definition) is 3. The number of nitrogens with zero attached hydrogens (tertiary/aromatic N) is 3. The number of hydrogen-bond donors (Lipinski definition) is 1. The van der Waals surface area contributed by atoms with Gasteiger partial charge in [-0.1, -0.05) is 11.6 Å². The van der Waals surface area contributed by atoms with E-state index in [1.165, 1.54) is 36.8 Å². The molecule has 5 nitrogen and oxygen atoms in total. The van der Waals surface area contributed by atoms with Crippen LogP contribution in [0, 0.1) is 0 Å². The second kappa shape index (κ2) is 7.77. The number of nitrogens with one attached hydrogen (secondary N) is 1. The van der Waals surface area contributed by atoms with Crippen molar-refractivity contribution in [2.45, 2.75) is 51.0 Å². The van der Waals surface area contributed by atoms with E-state index in [0.29, 0.717) is 12.6 Å². The lowest BCUT2D eigenvalue weighted by molar-refractivity contribution is -0.122. The normalized spacial score (nSPS) is 22.1. The Morgan fingerprint density at radius 3 is 3.04 bits per heavy atom. The van der Waals surface area contributed by atoms with E-state index in [-0.39, 0.29) is 5.91 Å². The molecule has 23 heavy (non-hydrogen) atoms. The molecule has 0 saturated carbocycles. The summed E-state index contributed by atoms with van der Waals surface area (Å²) in [4.78, 5) is 14.5. The third-order valence-corrected chi connectivity index (χ3v) is 4.97. The number of aryl methyl sites for hydroxylation is 1. The smallest absolute Gasteiger partial charge is 0.234 e. The van der Waals surface area contributed by atoms with Gasteiger partial charge in [0.25, 0.3) is 0 Å². The number of carbonyl (C=O) groups excluding carboxylic acids is 1. The molecule has 0 aromatic carbocycles. The van der Waals surface area contributed by atoms with Crippen molar-refractivity contribution < 1.29 is 4.79 Å². The first-order chi connectivity index (χ1) is 11.2. The molecule has 1 fully saturated rings. The van der Waals surface area contributed by atoms with Crippen LogP contribution in [-0.2, 0) is 11.8 Å². The van der Waals surface area contributed by atoms with Crippen LogP contribution in [0.5, 0.6) is 0 Å². The summed E-state index contributed by atoms with van der Waals surface area (Å²) in [6, 6.07) is 0.343. The lowest BCUT2D eigenvalue weighted by atomic mass is 9.97. The largest absolute Gasteiger partial charge is 0.355 e. The molecule has 1 aromatic heterocycles. The van der Waals surface area contributed by atoms with E-state index >= 15 is 0 Å². The number of likely N-dealkylation sites (tertiary alicyclic amines) is 1. The molecule has 5 heteroatoms. The second-order valence-electron chi connectivity index (χ2n) is 6.78. The Hall–Kier alpha value is -1.62. The molecule has 0 unspecified atom stereocenters. The molecule has 1 aromatic rings. The zero-order chi connectivity index (χ0) is 16.1. The van der Waals surface area contributed by atoms with E-state index in [0.717, 1.165) is 32.4 Å². The van der Waals surface area contributed by atoms with E-state index in [2.05, 4.69) is 27.6 Å². The summed E-state index contributed by atoms with van der Waals surface area (Å²) in [6.45, 7) is 2.27. The van der Waals surface area contributed by atoms with Crippen molar-refractivity contribution in [1.82, 2.24) is 20.0 Å². The lowest BCUT2D eigenvalue weighted by Crippen LogP contribution is -2.37. The summed E-state index contributed by atoms with van der Waals surface area (Å²) in [5.74, 6) is 0.150. The van der Waals surface area contributed by atoms with Crippen LogP contribution in [-0.4, -0.2) is 40.2 Å². The molecule has 126 valence electrons. The maximum absolute atomic E-state index is 12.2. The Morgan fingerprint density at radius 1 is 1.39 bits per heavy atom. The number of rotatable bonds is 6. The van der Waals surface area contributed by atoms with Crippen LogP contribution in [0.4, 0.5) is 0 Å². The molecule has 2 aliphatic rings. The predicted octanol–water partition coefficient (Wildman–Crippen LogP) is 2.56. The van der Waals surface area contributed by atoms with Crippen LogP contribution in [0.2, 0.25) is 0 Å². The summed E-state index contributed by atoms with van der Waals surface area (Å²) in [5, 5.41) is 7.35. The summed E-state index contributed by atoms with van der Waals surface area (Å²) >= 11 is 0. The summed E-state index contributed by atoms with van der Waals surface area (Å²) in [5.41, 5.74) is 2.75. The molecule has 0 spiro atoms. The predicted molar refractivity (Wildman–Crippen MR) is 90.9 cm³/mol. The molecule has 1 amide bonds. The van der Waals surface area contributed by atoms with Crippen LogP contribution in [0.1, 0.15) is 56.6 Å². The number of allylic oxidation sites excluding steroid dienone is 1. The van der Waals surface area contributed by atoms with Crippen molar-refractivity contribution in [3.8, 4) is 0 Å². The highest BCUT2D eigenvalue weighted by Gasteiger charge is 2.28. The van der Waals surface area contributed by atoms with Gasteiger partial charge in [0.05, 0.1) is 12.7 Å². The molecule has 0 bridgehead atoms. The molecular weight excluding hydrogens is 288 g/mol. The Balaban J connectivity index is 1.44. The Bertz CT molecular complexity index is 563. The molecule has 1 aliphatic carbocycles. The first-order valence-electron chi connectivity index (χ1n) is 8.89. The first kappa shape index (κ1) is 16.2. The Kier molecular flexibility index (Phi) is 5.49. The fraction of sp³-hybridized carbons (Fsp3) is 0.667. The van der Waals surface area contributed by atoms with Gasteiger partial charge in [0.15, 0.2) is 0 Å². The van der Waals surface area contributed by atoms with E-state index in [1.807, 2.05) is 17.9 Å². The highest BCUT2D eigenvalue weighted by Crippen LogP contribution is 2.31. The van der Waals surface area contributed by atoms with Gasteiger partial charge in [-0.3, -0.25) is 14.4 Å². The molecule has 0 radical (unpaired) electrons. The molecule has 3 rings (SSSR count). The van der Waals surface area contributed by atoms with E-state index < -0.39 is 0 Å². The summed E-state index contributed by atoms with van der Waals surface area (Å²) < 4.78 is 1.84. The van der Waals surface area contributed by atoms with Crippen LogP contribution < -0.4 is 5.32 Å². The van der Waals surface area contributed by atoms with Crippen molar-refractivity contribution in [2.75, 3.05) is 19.6 Å². The van der Waals surface area contributed by atoms with E-state index in [4.69, 9.17) is 0 Å². The van der Waals surface area contributed by atoms with Gasteiger partial charge in [-0.2, -0.15) is 5.10 Å². The number of amides is 1. The molecular formula is C18H28N4O. The number of carbonyl (C=O) groups is 1. The van der Waals surface area contributed by atoms with Crippen LogP contribution in [0.15, 0.2) is 24.0 Å². The van der Waals surface area contributed by atoms with Crippen molar-refractivity contribution in [2.24, 2.45) is 7.05 Å². The zero-order valence-electron chi connectivity index (χ0n) is 14.1. The Labute approximate surface area is 138 Å². The van der Waals surface area contributed by atoms with Gasteiger partial charge in [0.1, 0.15) is 0 Å². The Morgan fingerprint density at radius 2 is 2.30 bits per heavy atom. The SMILES string of the molecule is Cn1cc([C@H]2CCCN2CC(=O)NCCC2=CCCCC2)cn1. The third kappa shape index (κ3) is 4.44. The van der Waals surface area contributed by atoms with Gasteiger partial charge in [0, 0.05) is 31.4 Å². The van der Waals surface area contributed by atoms with Crippen LogP contribution >= 0.6 is 0 Å². The minimum absolute atomic E-state index is 0.150. The topological polar surface area (TPSA) is 50.2 Å². The molecule has 1 atom stereocenters. The van der Waals surface area contributed by atoms with Gasteiger partial charge < -0.3 is 5.32 Å². The van der Waals surface area contributed by atoms with Gasteiger partial charge in [-0.25, -0.2) is 0 Å². The van der Waals surface area contributed by atoms with Crippen LogP contribution in [0.25, 0.3) is 0 Å². The fourth-order valence-corrected chi connectivity index (χ4v) is 3.74.